The molecule has 0 spiro atoms. The summed E-state index contributed by atoms with van der Waals surface area (Å²) in [6.07, 6.45) is 11.2. The van der Waals surface area contributed by atoms with Gasteiger partial charge in [0.05, 0.1) is 0 Å². The van der Waals surface area contributed by atoms with E-state index in [1.54, 1.807) is 0 Å². The Morgan fingerprint density at radius 2 is 1.77 bits per heavy atom. The molecule has 1 unspecified atom stereocenters. The van der Waals surface area contributed by atoms with Crippen molar-refractivity contribution < 1.29 is 0 Å². The molecule has 0 aliphatic heterocycles. The standard InChI is InChI=1S/C13H26/c1-5-7-8-9-10-11-13(6-2)12(3)4/h9-10,12-13H,5-8,11H2,1-4H3/b10-9+. The van der Waals surface area contributed by atoms with E-state index in [0.717, 1.165) is 11.8 Å². The minimum absolute atomic E-state index is 0.834. The summed E-state index contributed by atoms with van der Waals surface area (Å²) in [5.41, 5.74) is 0. The Bertz CT molecular complexity index is 122. The van der Waals surface area contributed by atoms with Crippen molar-refractivity contribution in [2.75, 3.05) is 0 Å². The van der Waals surface area contributed by atoms with Gasteiger partial charge >= 0.3 is 0 Å². The summed E-state index contributed by atoms with van der Waals surface area (Å²) < 4.78 is 0. The molecule has 0 aromatic heterocycles. The maximum Gasteiger partial charge on any atom is -0.0320 e. The van der Waals surface area contributed by atoms with Crippen molar-refractivity contribution in [1.82, 2.24) is 0 Å². The SMILES string of the molecule is CCCC/C=C/CC(CC)C(C)C. The molecule has 0 radical (unpaired) electrons. The highest BCUT2D eigenvalue weighted by Crippen LogP contribution is 2.19. The second-order valence-electron chi connectivity index (χ2n) is 4.26. The quantitative estimate of drug-likeness (QED) is 0.392. The summed E-state index contributed by atoms with van der Waals surface area (Å²) in [6, 6.07) is 0. The summed E-state index contributed by atoms with van der Waals surface area (Å²) in [5, 5.41) is 0. The third-order valence-electron chi connectivity index (χ3n) is 2.80. The Hall–Kier alpha value is -0.260. The molecule has 78 valence electrons. The lowest BCUT2D eigenvalue weighted by Crippen LogP contribution is -2.05. The number of hydrogen-bond donors (Lipinski definition) is 0. The Morgan fingerprint density at radius 1 is 1.08 bits per heavy atom. The number of allylic oxidation sites excluding steroid dienone is 2. The summed E-state index contributed by atoms with van der Waals surface area (Å²) in [6.45, 7) is 9.20. The average Bonchev–Trinajstić information content (AvgIpc) is 2.10. The molecule has 0 saturated heterocycles. The zero-order valence-electron chi connectivity index (χ0n) is 9.84. The molecule has 0 rings (SSSR count). The van der Waals surface area contributed by atoms with E-state index in [-0.39, 0.29) is 0 Å². The highest BCUT2D eigenvalue weighted by atomic mass is 14.1. The molecule has 0 fully saturated rings. The number of unbranched alkanes of at least 4 members (excludes halogenated alkanes) is 2. The lowest BCUT2D eigenvalue weighted by atomic mass is 9.90. The van der Waals surface area contributed by atoms with E-state index < -0.39 is 0 Å². The first-order valence-corrected chi connectivity index (χ1v) is 5.87. The maximum atomic E-state index is 2.38. The van der Waals surface area contributed by atoms with Crippen LogP contribution in [0.5, 0.6) is 0 Å². The molecule has 0 aromatic rings. The van der Waals surface area contributed by atoms with E-state index in [9.17, 15) is 0 Å². The molecule has 0 aliphatic rings. The number of rotatable bonds is 7. The van der Waals surface area contributed by atoms with Gasteiger partial charge in [-0.15, -0.1) is 0 Å². The minimum atomic E-state index is 0.834. The molecule has 1 atom stereocenters. The summed E-state index contributed by atoms with van der Waals surface area (Å²) >= 11 is 0. The molecule has 0 N–H and O–H groups in total. The molecule has 0 nitrogen and oxygen atoms in total. The van der Waals surface area contributed by atoms with Gasteiger partial charge in [-0.3, -0.25) is 0 Å². The van der Waals surface area contributed by atoms with E-state index in [0.29, 0.717) is 0 Å². The van der Waals surface area contributed by atoms with Crippen LogP contribution in [0, 0.1) is 11.8 Å². The normalized spacial score (nSPS) is 14.2. The molecule has 0 bridgehead atoms. The minimum Gasteiger partial charge on any atom is -0.0885 e. The average molecular weight is 182 g/mol. The predicted octanol–water partition coefficient (Wildman–Crippen LogP) is 4.81. The predicted molar refractivity (Wildman–Crippen MR) is 61.9 cm³/mol. The highest BCUT2D eigenvalue weighted by molar-refractivity contribution is 4.84. The van der Waals surface area contributed by atoms with E-state index in [1.165, 1.54) is 32.1 Å². The van der Waals surface area contributed by atoms with Gasteiger partial charge in [-0.05, 0) is 24.7 Å². The lowest BCUT2D eigenvalue weighted by molar-refractivity contribution is 0.376. The van der Waals surface area contributed by atoms with E-state index in [1.807, 2.05) is 0 Å². The zero-order valence-corrected chi connectivity index (χ0v) is 9.84. The third kappa shape index (κ3) is 6.86. The molecule has 0 aromatic carbocycles. The fourth-order valence-electron chi connectivity index (χ4n) is 1.62. The van der Waals surface area contributed by atoms with E-state index in [2.05, 4.69) is 39.8 Å². The van der Waals surface area contributed by atoms with Gasteiger partial charge in [-0.2, -0.15) is 0 Å². The largest absolute Gasteiger partial charge is 0.0885 e. The lowest BCUT2D eigenvalue weighted by Gasteiger charge is -2.16. The first kappa shape index (κ1) is 12.7. The molecule has 0 heteroatoms. The van der Waals surface area contributed by atoms with Crippen LogP contribution < -0.4 is 0 Å². The molecule has 0 aliphatic carbocycles. The zero-order chi connectivity index (χ0) is 10.1. The topological polar surface area (TPSA) is 0 Å². The summed E-state index contributed by atoms with van der Waals surface area (Å²) in [4.78, 5) is 0. The summed E-state index contributed by atoms with van der Waals surface area (Å²) in [7, 11) is 0. The van der Waals surface area contributed by atoms with Gasteiger partial charge in [-0.1, -0.05) is 59.1 Å². The Labute approximate surface area is 84.4 Å². The van der Waals surface area contributed by atoms with Crippen LogP contribution in [-0.4, -0.2) is 0 Å². The Kier molecular flexibility index (Phi) is 8.18. The van der Waals surface area contributed by atoms with Crippen LogP contribution in [0.25, 0.3) is 0 Å². The molecule has 0 amide bonds. The van der Waals surface area contributed by atoms with Crippen LogP contribution in [0.2, 0.25) is 0 Å². The first-order valence-electron chi connectivity index (χ1n) is 5.87. The van der Waals surface area contributed by atoms with Crippen LogP contribution in [0.15, 0.2) is 12.2 Å². The van der Waals surface area contributed by atoms with Crippen LogP contribution >= 0.6 is 0 Å². The Morgan fingerprint density at radius 3 is 2.23 bits per heavy atom. The van der Waals surface area contributed by atoms with Crippen LogP contribution in [0.4, 0.5) is 0 Å². The van der Waals surface area contributed by atoms with Gasteiger partial charge in [0, 0.05) is 0 Å². The van der Waals surface area contributed by atoms with Crippen molar-refractivity contribution in [3.8, 4) is 0 Å². The van der Waals surface area contributed by atoms with Crippen molar-refractivity contribution in [3.63, 3.8) is 0 Å². The van der Waals surface area contributed by atoms with Crippen molar-refractivity contribution in [1.29, 1.82) is 0 Å². The molecule has 13 heavy (non-hydrogen) atoms. The van der Waals surface area contributed by atoms with Gasteiger partial charge in [0.1, 0.15) is 0 Å². The van der Waals surface area contributed by atoms with Crippen molar-refractivity contribution in [2.45, 2.75) is 59.8 Å². The smallest absolute Gasteiger partial charge is 0.0320 e. The second kappa shape index (κ2) is 8.34. The fraction of sp³-hybridized carbons (Fsp3) is 0.846. The first-order chi connectivity index (χ1) is 6.22. The molecular formula is C13H26. The van der Waals surface area contributed by atoms with Crippen LogP contribution in [0.3, 0.4) is 0 Å². The van der Waals surface area contributed by atoms with E-state index in [4.69, 9.17) is 0 Å². The van der Waals surface area contributed by atoms with Gasteiger partial charge in [0.2, 0.25) is 0 Å². The Balaban J connectivity index is 3.53. The van der Waals surface area contributed by atoms with Gasteiger partial charge in [0.15, 0.2) is 0 Å². The van der Waals surface area contributed by atoms with Crippen molar-refractivity contribution in [3.05, 3.63) is 12.2 Å². The highest BCUT2D eigenvalue weighted by Gasteiger charge is 2.07. The van der Waals surface area contributed by atoms with E-state index >= 15 is 0 Å². The number of hydrogen-bond acceptors (Lipinski definition) is 0. The van der Waals surface area contributed by atoms with Crippen LogP contribution in [-0.2, 0) is 0 Å². The fourth-order valence-corrected chi connectivity index (χ4v) is 1.62. The molecular weight excluding hydrogens is 156 g/mol. The second-order valence-corrected chi connectivity index (χ2v) is 4.26. The summed E-state index contributed by atoms with van der Waals surface area (Å²) in [5.74, 6) is 1.72. The van der Waals surface area contributed by atoms with Crippen molar-refractivity contribution >= 4 is 0 Å². The van der Waals surface area contributed by atoms with Crippen molar-refractivity contribution in [2.24, 2.45) is 11.8 Å². The maximum absolute atomic E-state index is 2.38. The van der Waals surface area contributed by atoms with Gasteiger partial charge < -0.3 is 0 Å². The molecule has 0 heterocycles. The van der Waals surface area contributed by atoms with Gasteiger partial charge in [-0.25, -0.2) is 0 Å². The van der Waals surface area contributed by atoms with Crippen LogP contribution in [0.1, 0.15) is 59.8 Å². The van der Waals surface area contributed by atoms with Gasteiger partial charge in [0.25, 0.3) is 0 Å². The molecule has 0 saturated carbocycles. The monoisotopic (exact) mass is 182 g/mol. The third-order valence-corrected chi connectivity index (χ3v) is 2.80.